The maximum absolute atomic E-state index is 12.6. The summed E-state index contributed by atoms with van der Waals surface area (Å²) in [5, 5.41) is 2.90. The molecule has 3 rings (SSSR count). The highest BCUT2D eigenvalue weighted by atomic mass is 32.2. The van der Waals surface area contributed by atoms with Crippen molar-refractivity contribution < 1.29 is 13.2 Å². The molecular weight excluding hydrogens is 374 g/mol. The normalized spacial score (nSPS) is 16.7. The fourth-order valence-corrected chi connectivity index (χ4v) is 5.95. The molecule has 0 aromatic heterocycles. The van der Waals surface area contributed by atoms with E-state index in [0.29, 0.717) is 0 Å². The van der Waals surface area contributed by atoms with Crippen LogP contribution in [0.1, 0.15) is 62.3 Å². The molecule has 7 heteroatoms. The number of carbonyl (C=O) groups excluding carboxylic acids is 1. The zero-order valence-corrected chi connectivity index (χ0v) is 18.1. The molecule has 28 heavy (non-hydrogen) atoms. The lowest BCUT2D eigenvalue weighted by Crippen LogP contribution is -2.44. The number of aryl methyl sites for hydroxylation is 2. The third-order valence-corrected chi connectivity index (χ3v) is 7.38. The fourth-order valence-electron chi connectivity index (χ4n) is 4.69. The fraction of sp³-hybridized carbons (Fsp3) is 0.667. The van der Waals surface area contributed by atoms with Crippen LogP contribution in [0.2, 0.25) is 0 Å². The second-order valence-electron chi connectivity index (χ2n) is 8.05. The Balaban J connectivity index is 1.69. The monoisotopic (exact) mass is 407 g/mol. The van der Waals surface area contributed by atoms with E-state index in [0.717, 1.165) is 63.7 Å². The summed E-state index contributed by atoms with van der Waals surface area (Å²) < 4.78 is 27.3. The van der Waals surface area contributed by atoms with Crippen LogP contribution < -0.4 is 10.0 Å². The smallest absolute Gasteiger partial charge is 0.307 e. The quantitative estimate of drug-likeness (QED) is 0.693. The van der Waals surface area contributed by atoms with Crippen molar-refractivity contribution in [2.24, 2.45) is 0 Å². The lowest BCUT2D eigenvalue weighted by atomic mass is 9.99. The molecule has 0 saturated heterocycles. The predicted molar refractivity (Wildman–Crippen MR) is 113 cm³/mol. The van der Waals surface area contributed by atoms with E-state index in [9.17, 15) is 13.2 Å². The van der Waals surface area contributed by atoms with Gasteiger partial charge in [0.15, 0.2) is 0 Å². The summed E-state index contributed by atoms with van der Waals surface area (Å²) >= 11 is 0. The van der Waals surface area contributed by atoms with Crippen LogP contribution in [0.3, 0.4) is 0 Å². The van der Waals surface area contributed by atoms with Crippen LogP contribution in [0, 0.1) is 0 Å². The number of urea groups is 1. The van der Waals surface area contributed by atoms with Crippen molar-refractivity contribution in [3.05, 3.63) is 28.3 Å². The number of hydrogen-bond acceptors (Lipinski definition) is 4. The van der Waals surface area contributed by atoms with E-state index in [1.54, 1.807) is 0 Å². The molecule has 2 amide bonds. The Morgan fingerprint density at radius 1 is 1.11 bits per heavy atom. The summed E-state index contributed by atoms with van der Waals surface area (Å²) in [5.41, 5.74) is 5.88. The van der Waals surface area contributed by atoms with Crippen LogP contribution in [0.15, 0.2) is 6.07 Å². The molecule has 0 fully saturated rings. The van der Waals surface area contributed by atoms with Crippen LogP contribution in [0.25, 0.3) is 0 Å². The minimum atomic E-state index is -3.71. The molecule has 2 aliphatic carbocycles. The Bertz CT molecular complexity index is 804. The lowest BCUT2D eigenvalue weighted by Gasteiger charge is -2.27. The van der Waals surface area contributed by atoms with Gasteiger partial charge in [-0.3, -0.25) is 4.90 Å². The summed E-state index contributed by atoms with van der Waals surface area (Å²) in [6.45, 7) is 7.63. The number of fused-ring (bicyclic) bond motifs is 2. The molecule has 0 heterocycles. The molecule has 1 aromatic carbocycles. The Hall–Kier alpha value is -1.60. The van der Waals surface area contributed by atoms with E-state index in [-0.39, 0.29) is 11.8 Å². The van der Waals surface area contributed by atoms with Gasteiger partial charge in [-0.1, -0.05) is 19.9 Å². The minimum absolute atomic E-state index is 0.0841. The predicted octanol–water partition coefficient (Wildman–Crippen LogP) is 3.24. The van der Waals surface area contributed by atoms with Gasteiger partial charge in [0.25, 0.3) is 0 Å². The maximum Gasteiger partial charge on any atom is 0.332 e. The number of anilines is 1. The van der Waals surface area contributed by atoms with E-state index in [1.165, 1.54) is 22.3 Å². The molecule has 0 spiro atoms. The topological polar surface area (TPSA) is 78.5 Å². The zero-order chi connectivity index (χ0) is 20.3. The summed E-state index contributed by atoms with van der Waals surface area (Å²) in [4.78, 5) is 14.7. The van der Waals surface area contributed by atoms with E-state index >= 15 is 0 Å². The third-order valence-electron chi connectivity index (χ3n) is 5.96. The first kappa shape index (κ1) is 21.1. The molecule has 0 aliphatic heterocycles. The van der Waals surface area contributed by atoms with Gasteiger partial charge < -0.3 is 5.32 Å². The van der Waals surface area contributed by atoms with Crippen LogP contribution in [0.4, 0.5) is 10.5 Å². The first-order valence-electron chi connectivity index (χ1n) is 10.6. The van der Waals surface area contributed by atoms with Gasteiger partial charge in [-0.2, -0.15) is 0 Å². The van der Waals surface area contributed by atoms with Crippen molar-refractivity contribution in [2.45, 2.75) is 71.8 Å². The second-order valence-corrected chi connectivity index (χ2v) is 9.82. The second kappa shape index (κ2) is 8.82. The molecule has 6 nitrogen and oxygen atoms in total. The summed E-state index contributed by atoms with van der Waals surface area (Å²) in [6.07, 6.45) is 7.13. The van der Waals surface area contributed by atoms with E-state index < -0.39 is 16.1 Å². The first-order valence-corrected chi connectivity index (χ1v) is 12.2. The van der Waals surface area contributed by atoms with Gasteiger partial charge in [-0.05, 0) is 87.2 Å². The van der Waals surface area contributed by atoms with Crippen molar-refractivity contribution in [1.82, 2.24) is 9.62 Å². The highest BCUT2D eigenvalue weighted by Gasteiger charge is 2.27. The molecule has 1 aromatic rings. The molecular formula is C21H33N3O3S. The molecule has 0 bridgehead atoms. The standard InChI is InChI=1S/C21H33N3O3S/c1-4-12-24(5-2)15(3)14-28(26,27)23-21(25)22-20-18-10-6-8-16(18)13-17-9-7-11-19(17)20/h13,15H,4-12,14H2,1-3H3,(H2,22,23,25). The average molecular weight is 408 g/mol. The molecule has 1 unspecified atom stereocenters. The van der Waals surface area contributed by atoms with Gasteiger partial charge in [-0.15, -0.1) is 0 Å². The van der Waals surface area contributed by atoms with E-state index in [4.69, 9.17) is 0 Å². The number of rotatable bonds is 8. The summed E-state index contributed by atoms with van der Waals surface area (Å²) in [7, 11) is -3.71. The van der Waals surface area contributed by atoms with Crippen molar-refractivity contribution in [3.8, 4) is 0 Å². The van der Waals surface area contributed by atoms with Crippen molar-refractivity contribution in [3.63, 3.8) is 0 Å². The van der Waals surface area contributed by atoms with Crippen LogP contribution in [-0.4, -0.2) is 44.2 Å². The minimum Gasteiger partial charge on any atom is -0.307 e. The molecule has 1 atom stereocenters. The van der Waals surface area contributed by atoms with Crippen molar-refractivity contribution in [2.75, 3.05) is 24.2 Å². The molecule has 2 N–H and O–H groups in total. The van der Waals surface area contributed by atoms with E-state index in [1.807, 2.05) is 13.8 Å². The SMILES string of the molecule is CCCN(CC)C(C)CS(=O)(=O)NC(=O)Nc1c2c(cc3c1CCC3)CCC2. The third kappa shape index (κ3) is 4.69. The zero-order valence-electron chi connectivity index (χ0n) is 17.3. The van der Waals surface area contributed by atoms with Gasteiger partial charge >= 0.3 is 6.03 Å². The summed E-state index contributed by atoms with van der Waals surface area (Å²) in [5.74, 6) is -0.0841. The molecule has 156 valence electrons. The van der Waals surface area contributed by atoms with Crippen LogP contribution >= 0.6 is 0 Å². The number of hydrogen-bond donors (Lipinski definition) is 2. The summed E-state index contributed by atoms with van der Waals surface area (Å²) in [6, 6.07) is 1.51. The van der Waals surface area contributed by atoms with Crippen molar-refractivity contribution >= 4 is 21.7 Å². The first-order chi connectivity index (χ1) is 13.3. The highest BCUT2D eigenvalue weighted by Crippen LogP contribution is 2.38. The largest absolute Gasteiger partial charge is 0.332 e. The van der Waals surface area contributed by atoms with E-state index in [2.05, 4.69) is 27.9 Å². The maximum atomic E-state index is 12.6. The molecule has 2 aliphatic rings. The lowest BCUT2D eigenvalue weighted by molar-refractivity contribution is 0.235. The Morgan fingerprint density at radius 2 is 1.71 bits per heavy atom. The van der Waals surface area contributed by atoms with Gasteiger partial charge in [-0.25, -0.2) is 17.9 Å². The molecule has 0 saturated carbocycles. The average Bonchev–Trinajstić information content (AvgIpc) is 3.27. The Labute approximate surface area is 169 Å². The number of benzene rings is 1. The Morgan fingerprint density at radius 3 is 2.25 bits per heavy atom. The number of nitrogens with zero attached hydrogens (tertiary/aromatic N) is 1. The van der Waals surface area contributed by atoms with Gasteiger partial charge in [0, 0.05) is 11.7 Å². The Kier molecular flexibility index (Phi) is 6.65. The van der Waals surface area contributed by atoms with Crippen LogP contribution in [-0.2, 0) is 35.7 Å². The van der Waals surface area contributed by atoms with Crippen LogP contribution in [0.5, 0.6) is 0 Å². The van der Waals surface area contributed by atoms with Gasteiger partial charge in [0.05, 0.1) is 5.75 Å². The van der Waals surface area contributed by atoms with Gasteiger partial charge in [0.2, 0.25) is 10.0 Å². The van der Waals surface area contributed by atoms with Crippen molar-refractivity contribution in [1.29, 1.82) is 0 Å². The van der Waals surface area contributed by atoms with Gasteiger partial charge in [0.1, 0.15) is 0 Å². The number of sulfonamides is 1. The number of nitrogens with one attached hydrogen (secondary N) is 2. The number of carbonyl (C=O) groups is 1. The highest BCUT2D eigenvalue weighted by molar-refractivity contribution is 7.90. The molecule has 0 radical (unpaired) electrons. The number of amides is 2.